The Kier molecular flexibility index (Phi) is 3.96. The average Bonchev–Trinajstić information content (AvgIpc) is 2.99. The van der Waals surface area contributed by atoms with Crippen LogP contribution in [0.15, 0.2) is 65.2 Å². The molecule has 1 N–H and O–H groups in total. The van der Waals surface area contributed by atoms with Gasteiger partial charge in [0.15, 0.2) is 5.76 Å². The van der Waals surface area contributed by atoms with E-state index in [2.05, 4.69) is 10.5 Å². The molecule has 0 spiro atoms. The second-order valence-electron chi connectivity index (χ2n) is 4.78. The average molecular weight is 296 g/mol. The molecule has 0 aliphatic carbocycles. The lowest BCUT2D eigenvalue weighted by atomic mass is 10.1. The van der Waals surface area contributed by atoms with E-state index in [1.807, 2.05) is 30.3 Å². The molecule has 110 valence electrons. The maximum absolute atomic E-state index is 12.8. The molecule has 0 radical (unpaired) electrons. The Hall–Kier alpha value is -2.95. The molecular formula is C17H13FN2O2. The van der Waals surface area contributed by atoms with Crippen LogP contribution in [0.5, 0.6) is 0 Å². The molecule has 1 heterocycles. The molecule has 0 aliphatic rings. The molecule has 0 saturated heterocycles. The monoisotopic (exact) mass is 296 g/mol. The number of halogens is 1. The second kappa shape index (κ2) is 6.22. The summed E-state index contributed by atoms with van der Waals surface area (Å²) in [5, 5.41) is 6.57. The quantitative estimate of drug-likeness (QED) is 0.799. The van der Waals surface area contributed by atoms with Gasteiger partial charge in [-0.25, -0.2) is 4.39 Å². The van der Waals surface area contributed by atoms with Crippen LogP contribution in [0.25, 0.3) is 11.3 Å². The molecule has 4 nitrogen and oxygen atoms in total. The first-order chi connectivity index (χ1) is 10.7. The molecule has 1 amide bonds. The fourth-order valence-electron chi connectivity index (χ4n) is 2.04. The number of benzene rings is 2. The molecular weight excluding hydrogens is 283 g/mol. The third kappa shape index (κ3) is 3.38. The highest BCUT2D eigenvalue weighted by Crippen LogP contribution is 2.20. The fraction of sp³-hybridized carbons (Fsp3) is 0.0588. The summed E-state index contributed by atoms with van der Waals surface area (Å²) < 4.78 is 18.0. The molecule has 0 fully saturated rings. The van der Waals surface area contributed by atoms with Crippen LogP contribution in [-0.2, 0) is 11.2 Å². The van der Waals surface area contributed by atoms with Gasteiger partial charge in [-0.3, -0.25) is 4.79 Å². The molecule has 3 aromatic rings. The molecule has 0 bridgehead atoms. The lowest BCUT2D eigenvalue weighted by Gasteiger charge is -2.02. The van der Waals surface area contributed by atoms with Gasteiger partial charge in [-0.15, -0.1) is 0 Å². The van der Waals surface area contributed by atoms with Crippen LogP contribution in [0.3, 0.4) is 0 Å². The van der Waals surface area contributed by atoms with Crippen molar-refractivity contribution < 1.29 is 13.7 Å². The minimum absolute atomic E-state index is 0.0910. The lowest BCUT2D eigenvalue weighted by molar-refractivity contribution is -0.115. The van der Waals surface area contributed by atoms with E-state index in [1.165, 1.54) is 24.3 Å². The zero-order chi connectivity index (χ0) is 15.4. The summed E-state index contributed by atoms with van der Waals surface area (Å²) in [7, 11) is 0. The van der Waals surface area contributed by atoms with Crippen LogP contribution in [-0.4, -0.2) is 11.1 Å². The molecule has 1 aromatic heterocycles. The van der Waals surface area contributed by atoms with Gasteiger partial charge in [0.25, 0.3) is 0 Å². The Morgan fingerprint density at radius 1 is 1.09 bits per heavy atom. The van der Waals surface area contributed by atoms with Crippen molar-refractivity contribution in [3.63, 3.8) is 0 Å². The van der Waals surface area contributed by atoms with Crippen molar-refractivity contribution in [2.24, 2.45) is 0 Å². The van der Waals surface area contributed by atoms with E-state index in [4.69, 9.17) is 4.52 Å². The van der Waals surface area contributed by atoms with E-state index >= 15 is 0 Å². The summed E-state index contributed by atoms with van der Waals surface area (Å²) >= 11 is 0. The maximum atomic E-state index is 12.8. The third-order valence-electron chi connectivity index (χ3n) is 3.09. The van der Waals surface area contributed by atoms with Crippen LogP contribution < -0.4 is 5.32 Å². The normalized spacial score (nSPS) is 10.4. The molecule has 2 aromatic carbocycles. The Labute approximate surface area is 126 Å². The minimum atomic E-state index is -0.345. The van der Waals surface area contributed by atoms with Gasteiger partial charge in [-0.1, -0.05) is 35.5 Å². The fourth-order valence-corrected chi connectivity index (χ4v) is 2.04. The number of rotatable bonds is 4. The molecule has 0 atom stereocenters. The summed E-state index contributed by atoms with van der Waals surface area (Å²) in [4.78, 5) is 11.9. The predicted octanol–water partition coefficient (Wildman–Crippen LogP) is 3.66. The van der Waals surface area contributed by atoms with E-state index in [0.717, 1.165) is 5.56 Å². The van der Waals surface area contributed by atoms with E-state index in [0.29, 0.717) is 17.1 Å². The number of nitrogens with zero attached hydrogens (tertiary/aromatic N) is 1. The van der Waals surface area contributed by atoms with E-state index in [-0.39, 0.29) is 18.1 Å². The number of carbonyl (C=O) groups excluding carboxylic acids is 1. The Morgan fingerprint density at radius 3 is 2.55 bits per heavy atom. The van der Waals surface area contributed by atoms with Crippen LogP contribution >= 0.6 is 0 Å². The Bertz CT molecular complexity index is 767. The highest BCUT2D eigenvalue weighted by atomic mass is 19.1. The number of aromatic nitrogens is 1. The van der Waals surface area contributed by atoms with Gasteiger partial charge in [0, 0.05) is 17.3 Å². The first-order valence-electron chi connectivity index (χ1n) is 6.77. The van der Waals surface area contributed by atoms with Crippen molar-refractivity contribution >= 4 is 11.6 Å². The standard InChI is InChI=1S/C17H13FN2O2/c18-13-6-8-14(9-7-13)19-17(21)11-15-10-16(22-20-15)12-4-2-1-3-5-12/h1-10H,11H2,(H,19,21). The first kappa shape index (κ1) is 14.0. The zero-order valence-corrected chi connectivity index (χ0v) is 11.6. The van der Waals surface area contributed by atoms with Gasteiger partial charge >= 0.3 is 0 Å². The predicted molar refractivity (Wildman–Crippen MR) is 80.7 cm³/mol. The van der Waals surface area contributed by atoms with Gasteiger partial charge in [-0.05, 0) is 24.3 Å². The first-order valence-corrected chi connectivity index (χ1v) is 6.77. The Morgan fingerprint density at radius 2 is 1.82 bits per heavy atom. The smallest absolute Gasteiger partial charge is 0.230 e. The van der Waals surface area contributed by atoms with E-state index < -0.39 is 0 Å². The van der Waals surface area contributed by atoms with Crippen molar-refractivity contribution in [2.45, 2.75) is 6.42 Å². The highest BCUT2D eigenvalue weighted by Gasteiger charge is 2.10. The molecule has 0 aliphatic heterocycles. The number of nitrogens with one attached hydrogen (secondary N) is 1. The summed E-state index contributed by atoms with van der Waals surface area (Å²) in [5.74, 6) is 0.0340. The SMILES string of the molecule is O=C(Cc1cc(-c2ccccc2)on1)Nc1ccc(F)cc1. The molecule has 0 saturated carbocycles. The summed E-state index contributed by atoms with van der Waals surface area (Å²) in [6.07, 6.45) is 0.0910. The van der Waals surface area contributed by atoms with E-state index in [9.17, 15) is 9.18 Å². The number of hydrogen-bond acceptors (Lipinski definition) is 3. The van der Waals surface area contributed by atoms with Crippen molar-refractivity contribution in [2.75, 3.05) is 5.32 Å². The summed E-state index contributed by atoms with van der Waals surface area (Å²) in [5.41, 5.74) is 1.98. The number of amides is 1. The summed E-state index contributed by atoms with van der Waals surface area (Å²) in [6, 6.07) is 16.9. The molecule has 22 heavy (non-hydrogen) atoms. The van der Waals surface area contributed by atoms with Gasteiger partial charge in [0.2, 0.25) is 5.91 Å². The van der Waals surface area contributed by atoms with Gasteiger partial charge in [-0.2, -0.15) is 0 Å². The van der Waals surface area contributed by atoms with Crippen molar-refractivity contribution in [1.29, 1.82) is 0 Å². The zero-order valence-electron chi connectivity index (χ0n) is 11.6. The van der Waals surface area contributed by atoms with Crippen LogP contribution in [0, 0.1) is 5.82 Å². The minimum Gasteiger partial charge on any atom is -0.356 e. The lowest BCUT2D eigenvalue weighted by Crippen LogP contribution is -2.14. The van der Waals surface area contributed by atoms with Gasteiger partial charge < -0.3 is 9.84 Å². The third-order valence-corrected chi connectivity index (χ3v) is 3.09. The topological polar surface area (TPSA) is 55.1 Å². The maximum Gasteiger partial charge on any atom is 0.230 e. The molecule has 5 heteroatoms. The molecule has 3 rings (SSSR count). The number of anilines is 1. The van der Waals surface area contributed by atoms with Crippen molar-refractivity contribution in [1.82, 2.24) is 5.16 Å². The van der Waals surface area contributed by atoms with Crippen LogP contribution in [0.2, 0.25) is 0 Å². The van der Waals surface area contributed by atoms with Crippen LogP contribution in [0.1, 0.15) is 5.69 Å². The van der Waals surface area contributed by atoms with E-state index in [1.54, 1.807) is 6.07 Å². The van der Waals surface area contributed by atoms with Gasteiger partial charge in [0.1, 0.15) is 5.82 Å². The number of carbonyl (C=O) groups is 1. The highest BCUT2D eigenvalue weighted by molar-refractivity contribution is 5.92. The largest absolute Gasteiger partial charge is 0.356 e. The summed E-state index contributed by atoms with van der Waals surface area (Å²) in [6.45, 7) is 0. The number of hydrogen-bond donors (Lipinski definition) is 1. The van der Waals surface area contributed by atoms with Crippen molar-refractivity contribution in [3.05, 3.63) is 72.2 Å². The second-order valence-corrected chi connectivity index (χ2v) is 4.78. The van der Waals surface area contributed by atoms with Crippen LogP contribution in [0.4, 0.5) is 10.1 Å². The molecule has 0 unspecified atom stereocenters. The van der Waals surface area contributed by atoms with Gasteiger partial charge in [0.05, 0.1) is 12.1 Å². The van der Waals surface area contributed by atoms with Crippen molar-refractivity contribution in [3.8, 4) is 11.3 Å². The Balaban J connectivity index is 1.65.